The van der Waals surface area contributed by atoms with Crippen LogP contribution in [0.5, 0.6) is 0 Å². The normalized spacial score (nSPS) is 24.3. The van der Waals surface area contributed by atoms with E-state index in [-0.39, 0.29) is 0 Å². The third kappa shape index (κ3) is 3.96. The molecule has 1 aliphatic rings. The summed E-state index contributed by atoms with van der Waals surface area (Å²) >= 11 is 0. The molecular formula is C17H22N4O4. The Balaban J connectivity index is 2.41. The third-order valence-electron chi connectivity index (χ3n) is 4.06. The molecule has 0 aromatic heterocycles. The summed E-state index contributed by atoms with van der Waals surface area (Å²) < 4.78 is 0. The monoisotopic (exact) mass is 346 g/mol. The van der Waals surface area contributed by atoms with Crippen LogP contribution in [0, 0.1) is 5.41 Å². The summed E-state index contributed by atoms with van der Waals surface area (Å²) in [6.45, 7) is 5.90. The van der Waals surface area contributed by atoms with E-state index < -0.39 is 41.1 Å². The maximum atomic E-state index is 12.4. The van der Waals surface area contributed by atoms with Crippen LogP contribution in [0.4, 0.5) is 11.4 Å². The van der Waals surface area contributed by atoms with Gasteiger partial charge in [-0.3, -0.25) is 19.2 Å². The maximum Gasteiger partial charge on any atom is 0.246 e. The summed E-state index contributed by atoms with van der Waals surface area (Å²) in [6, 6.07) is 4.97. The van der Waals surface area contributed by atoms with Crippen molar-refractivity contribution < 1.29 is 19.2 Å². The number of fused-ring (bicyclic) bond motifs is 1. The van der Waals surface area contributed by atoms with Crippen LogP contribution in [-0.4, -0.2) is 35.7 Å². The summed E-state index contributed by atoms with van der Waals surface area (Å²) in [5.74, 6) is -2.13. The van der Waals surface area contributed by atoms with Gasteiger partial charge in [0.05, 0.1) is 11.4 Å². The fraction of sp³-hybridized carbons (Fsp3) is 0.412. The zero-order chi connectivity index (χ0) is 18.8. The van der Waals surface area contributed by atoms with Gasteiger partial charge < -0.3 is 21.3 Å². The smallest absolute Gasteiger partial charge is 0.246 e. The molecule has 134 valence electrons. The molecule has 0 radical (unpaired) electrons. The number of rotatable bonds is 0. The van der Waals surface area contributed by atoms with Crippen molar-refractivity contribution in [1.82, 2.24) is 10.6 Å². The fourth-order valence-corrected chi connectivity index (χ4v) is 2.17. The van der Waals surface area contributed by atoms with Gasteiger partial charge in [0.1, 0.15) is 17.5 Å². The van der Waals surface area contributed by atoms with Crippen molar-refractivity contribution in [2.75, 3.05) is 10.6 Å². The molecule has 0 saturated carbocycles. The molecule has 4 N–H and O–H groups in total. The summed E-state index contributed by atoms with van der Waals surface area (Å²) in [7, 11) is 0. The van der Waals surface area contributed by atoms with Crippen molar-refractivity contribution in [3.63, 3.8) is 0 Å². The molecule has 0 fully saturated rings. The molecule has 2 atom stereocenters. The van der Waals surface area contributed by atoms with Crippen LogP contribution in [0.1, 0.15) is 27.7 Å². The van der Waals surface area contributed by atoms with Crippen molar-refractivity contribution >= 4 is 35.0 Å². The number of hydrogen-bond donors (Lipinski definition) is 4. The largest absolute Gasteiger partial charge is 0.344 e. The Morgan fingerprint density at radius 1 is 0.760 bits per heavy atom. The number of carbonyl (C=O) groups is 4. The minimum atomic E-state index is -1.44. The van der Waals surface area contributed by atoms with Crippen molar-refractivity contribution in [3.05, 3.63) is 24.3 Å². The van der Waals surface area contributed by atoms with Crippen molar-refractivity contribution in [2.24, 2.45) is 5.41 Å². The average Bonchev–Trinajstić information content (AvgIpc) is 2.55. The number of carbonyl (C=O) groups excluding carboxylic acids is 4. The van der Waals surface area contributed by atoms with Gasteiger partial charge in [-0.05, 0) is 39.8 Å². The van der Waals surface area contributed by atoms with Crippen molar-refractivity contribution in [3.8, 4) is 0 Å². The first-order valence-electron chi connectivity index (χ1n) is 7.95. The Kier molecular flexibility index (Phi) is 5.10. The third-order valence-corrected chi connectivity index (χ3v) is 4.06. The fourth-order valence-electron chi connectivity index (χ4n) is 2.17. The van der Waals surface area contributed by atoms with Gasteiger partial charge in [-0.15, -0.1) is 0 Å². The highest BCUT2D eigenvalue weighted by molar-refractivity contribution is 6.09. The van der Waals surface area contributed by atoms with Gasteiger partial charge in [0.2, 0.25) is 23.6 Å². The van der Waals surface area contributed by atoms with Crippen LogP contribution in [0.15, 0.2) is 24.3 Å². The van der Waals surface area contributed by atoms with Gasteiger partial charge in [-0.25, -0.2) is 0 Å². The van der Waals surface area contributed by atoms with Gasteiger partial charge >= 0.3 is 0 Å². The minimum absolute atomic E-state index is 0.402. The van der Waals surface area contributed by atoms with Crippen LogP contribution >= 0.6 is 0 Å². The lowest BCUT2D eigenvalue weighted by molar-refractivity contribution is -0.143. The molecular weight excluding hydrogens is 324 g/mol. The van der Waals surface area contributed by atoms with Gasteiger partial charge in [0, 0.05) is 0 Å². The van der Waals surface area contributed by atoms with E-state index in [1.165, 1.54) is 27.7 Å². The first-order valence-corrected chi connectivity index (χ1v) is 7.95. The maximum absolute atomic E-state index is 12.4. The van der Waals surface area contributed by atoms with E-state index in [2.05, 4.69) is 21.3 Å². The van der Waals surface area contributed by atoms with Crippen molar-refractivity contribution in [1.29, 1.82) is 0 Å². The first-order chi connectivity index (χ1) is 11.6. The first kappa shape index (κ1) is 18.4. The molecule has 0 bridgehead atoms. The molecule has 8 heteroatoms. The molecule has 0 unspecified atom stereocenters. The zero-order valence-electron chi connectivity index (χ0n) is 14.6. The van der Waals surface area contributed by atoms with Crippen LogP contribution in [-0.2, 0) is 19.2 Å². The van der Waals surface area contributed by atoms with Gasteiger partial charge in [0.25, 0.3) is 0 Å². The van der Waals surface area contributed by atoms with E-state index in [9.17, 15) is 19.2 Å². The molecule has 0 saturated heterocycles. The van der Waals surface area contributed by atoms with Gasteiger partial charge in [0.15, 0.2) is 0 Å². The molecule has 4 amide bonds. The standard InChI is InChI=1S/C17H22N4O4/c1-9-13(22)20-11-7-5-6-8-12(11)21-14(23)10(2)19-16(25)17(3,4)15(24)18-9/h5-10H,1-4H3,(H,18,24)(H,19,25)(H,20,22)(H,21,23)/t9-,10-/m1/s1. The average molecular weight is 346 g/mol. The van der Waals surface area contributed by atoms with Crippen molar-refractivity contribution in [2.45, 2.75) is 39.8 Å². The highest BCUT2D eigenvalue weighted by Crippen LogP contribution is 2.22. The molecule has 1 aliphatic heterocycles. The number of anilines is 2. The van der Waals surface area contributed by atoms with Crippen LogP contribution < -0.4 is 21.3 Å². The van der Waals surface area contributed by atoms with Crippen LogP contribution in [0.2, 0.25) is 0 Å². The van der Waals surface area contributed by atoms with E-state index >= 15 is 0 Å². The quantitative estimate of drug-likeness (QED) is 0.515. The molecule has 2 rings (SSSR count). The minimum Gasteiger partial charge on any atom is -0.344 e. The van der Waals surface area contributed by atoms with E-state index in [0.717, 1.165) is 0 Å². The van der Waals surface area contributed by atoms with E-state index in [1.54, 1.807) is 24.3 Å². The second kappa shape index (κ2) is 6.92. The lowest BCUT2D eigenvalue weighted by Gasteiger charge is -2.25. The summed E-state index contributed by atoms with van der Waals surface area (Å²) in [4.78, 5) is 49.4. The Labute approximate surface area is 145 Å². The second-order valence-electron chi connectivity index (χ2n) is 6.54. The predicted molar refractivity (Wildman–Crippen MR) is 92.7 cm³/mol. The predicted octanol–water partition coefficient (Wildman–Crippen LogP) is 0.613. The molecule has 8 nitrogen and oxygen atoms in total. The van der Waals surface area contributed by atoms with E-state index in [4.69, 9.17) is 0 Å². The lowest BCUT2D eigenvalue weighted by atomic mass is 9.90. The Bertz CT molecular complexity index is 670. The Morgan fingerprint density at radius 3 is 1.48 bits per heavy atom. The SMILES string of the molecule is C[C@H]1NC(=O)C(C)(C)C(=O)N[C@H](C)C(=O)Nc2ccccc2NC1=O. The number of nitrogens with one attached hydrogen (secondary N) is 4. The van der Waals surface area contributed by atoms with Gasteiger partial charge in [-0.2, -0.15) is 0 Å². The number of para-hydroxylation sites is 2. The highest BCUT2D eigenvalue weighted by Gasteiger charge is 2.38. The molecule has 1 aromatic carbocycles. The van der Waals surface area contributed by atoms with Crippen LogP contribution in [0.3, 0.4) is 0 Å². The number of hydrogen-bond acceptors (Lipinski definition) is 4. The topological polar surface area (TPSA) is 116 Å². The van der Waals surface area contributed by atoms with Crippen LogP contribution in [0.25, 0.3) is 0 Å². The Morgan fingerprint density at radius 2 is 1.12 bits per heavy atom. The summed E-state index contributed by atoms with van der Waals surface area (Å²) in [5, 5.41) is 10.4. The highest BCUT2D eigenvalue weighted by atomic mass is 16.2. The van der Waals surface area contributed by atoms with E-state index in [1.807, 2.05) is 0 Å². The summed E-state index contributed by atoms with van der Waals surface area (Å²) in [5.41, 5.74) is -0.637. The van der Waals surface area contributed by atoms with Gasteiger partial charge in [-0.1, -0.05) is 12.1 Å². The lowest BCUT2D eigenvalue weighted by Crippen LogP contribution is -2.54. The zero-order valence-corrected chi connectivity index (χ0v) is 14.6. The summed E-state index contributed by atoms with van der Waals surface area (Å²) in [6.07, 6.45) is 0. The van der Waals surface area contributed by atoms with E-state index in [0.29, 0.717) is 11.4 Å². The molecule has 1 aromatic rings. The second-order valence-corrected chi connectivity index (χ2v) is 6.54. The number of benzene rings is 1. The Hall–Kier alpha value is -2.90. The molecule has 25 heavy (non-hydrogen) atoms. The number of amides is 4. The molecule has 1 heterocycles. The molecule has 0 spiro atoms. The molecule has 0 aliphatic carbocycles.